The van der Waals surface area contributed by atoms with Gasteiger partial charge in [-0.05, 0) is 13.3 Å². The fourth-order valence-electron chi connectivity index (χ4n) is 0.954. The van der Waals surface area contributed by atoms with E-state index >= 15 is 0 Å². The zero-order valence-corrected chi connectivity index (χ0v) is 12.6. The van der Waals surface area contributed by atoms with E-state index in [0.29, 0.717) is 0 Å². The minimum Gasteiger partial charge on any atom is -0.366 e. The van der Waals surface area contributed by atoms with Crippen molar-refractivity contribution in [3.05, 3.63) is 35.7 Å². The lowest BCUT2D eigenvalue weighted by molar-refractivity contribution is -0.113. The first kappa shape index (κ1) is 21.9. The summed E-state index contributed by atoms with van der Waals surface area (Å²) in [5, 5.41) is 0. The molecule has 0 aliphatic rings. The molecule has 0 aliphatic carbocycles. The lowest BCUT2D eigenvalue weighted by Gasteiger charge is -1.94. The number of allylic oxidation sites excluding steroid dienone is 5. The summed E-state index contributed by atoms with van der Waals surface area (Å²) in [4.78, 5) is 10.3. The third-order valence-electron chi connectivity index (χ3n) is 1.72. The highest BCUT2D eigenvalue weighted by molar-refractivity contribution is 5.86. The molecule has 0 saturated heterocycles. The standard InChI is InChI=1S/C11H16FNO.2C2H6/c1-3-9(4-2)6-5-7-10(12)8-11(13)14;2*1-2/h3,5-6,8H,4,7H2,1-2H3,(H2,13,14);2*1-2H3/b6-5?,9-3-,10-8-;;. The molecule has 2 nitrogen and oxygen atoms in total. The van der Waals surface area contributed by atoms with Crippen LogP contribution in [0.3, 0.4) is 0 Å². The van der Waals surface area contributed by atoms with Crippen LogP contribution in [0.5, 0.6) is 0 Å². The minimum atomic E-state index is -0.752. The van der Waals surface area contributed by atoms with Gasteiger partial charge in [0.1, 0.15) is 5.83 Å². The lowest BCUT2D eigenvalue weighted by atomic mass is 10.1. The average molecular weight is 257 g/mol. The van der Waals surface area contributed by atoms with E-state index in [1.54, 1.807) is 6.08 Å². The van der Waals surface area contributed by atoms with Crippen LogP contribution < -0.4 is 5.73 Å². The molecule has 3 heteroatoms. The third-order valence-corrected chi connectivity index (χ3v) is 1.72. The first-order valence-electron chi connectivity index (χ1n) is 6.57. The number of halogens is 1. The molecule has 0 rings (SSSR count). The van der Waals surface area contributed by atoms with Gasteiger partial charge in [0.15, 0.2) is 0 Å². The smallest absolute Gasteiger partial charge is 0.244 e. The van der Waals surface area contributed by atoms with Gasteiger partial charge < -0.3 is 5.73 Å². The molecule has 0 fully saturated rings. The second kappa shape index (κ2) is 18.0. The summed E-state index contributed by atoms with van der Waals surface area (Å²) in [6, 6.07) is 0. The van der Waals surface area contributed by atoms with Crippen molar-refractivity contribution in [2.45, 2.75) is 54.4 Å². The lowest BCUT2D eigenvalue weighted by Crippen LogP contribution is -2.06. The van der Waals surface area contributed by atoms with E-state index in [1.165, 1.54) is 0 Å². The fourth-order valence-corrected chi connectivity index (χ4v) is 0.954. The van der Waals surface area contributed by atoms with E-state index in [-0.39, 0.29) is 6.42 Å². The van der Waals surface area contributed by atoms with Gasteiger partial charge in [-0.1, -0.05) is 58.4 Å². The van der Waals surface area contributed by atoms with Gasteiger partial charge in [-0.15, -0.1) is 0 Å². The molecule has 2 N–H and O–H groups in total. The van der Waals surface area contributed by atoms with Crippen LogP contribution in [0.25, 0.3) is 0 Å². The Labute approximate surface area is 111 Å². The molecule has 0 radical (unpaired) electrons. The third kappa shape index (κ3) is 17.0. The SMILES string of the molecule is C/C=C(\C=CC/C(F)=C/C(N)=O)CC.CC.CC. The van der Waals surface area contributed by atoms with E-state index < -0.39 is 11.7 Å². The molecule has 0 aromatic carbocycles. The van der Waals surface area contributed by atoms with Gasteiger partial charge in [-0.3, -0.25) is 4.79 Å². The number of hydrogen-bond donors (Lipinski definition) is 1. The first-order chi connectivity index (χ1) is 8.60. The maximum absolute atomic E-state index is 12.8. The second-order valence-corrected chi connectivity index (χ2v) is 2.82. The zero-order chi connectivity index (χ0) is 15.0. The molecule has 18 heavy (non-hydrogen) atoms. The van der Waals surface area contributed by atoms with Crippen LogP contribution in [-0.4, -0.2) is 5.91 Å². The summed E-state index contributed by atoms with van der Waals surface area (Å²) >= 11 is 0. The zero-order valence-electron chi connectivity index (χ0n) is 12.6. The van der Waals surface area contributed by atoms with Gasteiger partial charge in [0.25, 0.3) is 0 Å². The monoisotopic (exact) mass is 257 g/mol. The van der Waals surface area contributed by atoms with Crippen LogP contribution in [0.2, 0.25) is 0 Å². The highest BCUT2D eigenvalue weighted by atomic mass is 19.1. The van der Waals surface area contributed by atoms with Gasteiger partial charge in [-0.25, -0.2) is 4.39 Å². The Balaban J connectivity index is -0.000000506. The van der Waals surface area contributed by atoms with E-state index in [0.717, 1.165) is 18.1 Å². The summed E-state index contributed by atoms with van der Waals surface area (Å²) in [7, 11) is 0. The van der Waals surface area contributed by atoms with Gasteiger partial charge in [0.05, 0.1) is 0 Å². The molecule has 106 valence electrons. The summed E-state index contributed by atoms with van der Waals surface area (Å²) in [6.45, 7) is 12.0. The molecule has 0 aromatic heterocycles. The largest absolute Gasteiger partial charge is 0.366 e. The van der Waals surface area contributed by atoms with Crippen molar-refractivity contribution in [3.63, 3.8) is 0 Å². The second-order valence-electron chi connectivity index (χ2n) is 2.82. The van der Waals surface area contributed by atoms with Crippen molar-refractivity contribution in [2.24, 2.45) is 5.73 Å². The fraction of sp³-hybridized carbons (Fsp3) is 0.533. The topological polar surface area (TPSA) is 43.1 Å². The molecular formula is C15H28FNO. The summed E-state index contributed by atoms with van der Waals surface area (Å²) in [5.41, 5.74) is 5.92. The minimum absolute atomic E-state index is 0.111. The van der Waals surface area contributed by atoms with Crippen LogP contribution in [0.4, 0.5) is 4.39 Å². The number of carbonyl (C=O) groups excluding carboxylic acids is 1. The Morgan fingerprint density at radius 3 is 2.06 bits per heavy atom. The van der Waals surface area contributed by atoms with Crippen molar-refractivity contribution in [1.82, 2.24) is 0 Å². The number of rotatable bonds is 5. The molecule has 0 heterocycles. The molecule has 0 atom stereocenters. The van der Waals surface area contributed by atoms with Crippen LogP contribution in [0, 0.1) is 0 Å². The van der Waals surface area contributed by atoms with Gasteiger partial charge in [0.2, 0.25) is 5.91 Å². The summed E-state index contributed by atoms with van der Waals surface area (Å²) in [6.07, 6.45) is 7.30. The van der Waals surface area contributed by atoms with E-state index in [9.17, 15) is 9.18 Å². The average Bonchev–Trinajstić information content (AvgIpc) is 2.38. The highest BCUT2D eigenvalue weighted by Crippen LogP contribution is 2.07. The Hall–Kier alpha value is -1.38. The number of carbonyl (C=O) groups is 1. The highest BCUT2D eigenvalue weighted by Gasteiger charge is 1.94. The van der Waals surface area contributed by atoms with Gasteiger partial charge in [-0.2, -0.15) is 0 Å². The molecule has 0 bridgehead atoms. The Morgan fingerprint density at radius 2 is 1.72 bits per heavy atom. The maximum Gasteiger partial charge on any atom is 0.244 e. The van der Waals surface area contributed by atoms with Crippen LogP contribution in [0.15, 0.2) is 35.7 Å². The normalized spacial score (nSPS) is 11.3. The molecular weight excluding hydrogens is 229 g/mol. The Kier molecular flexibility index (Phi) is 21.9. The van der Waals surface area contributed by atoms with E-state index in [1.807, 2.05) is 53.7 Å². The number of amides is 1. The predicted octanol–water partition coefficient (Wildman–Crippen LogP) is 4.68. The Morgan fingerprint density at radius 1 is 1.22 bits per heavy atom. The first-order valence-corrected chi connectivity index (χ1v) is 6.57. The van der Waals surface area contributed by atoms with Crippen LogP contribution in [-0.2, 0) is 4.79 Å². The van der Waals surface area contributed by atoms with Crippen molar-refractivity contribution in [1.29, 1.82) is 0 Å². The van der Waals surface area contributed by atoms with Crippen molar-refractivity contribution in [3.8, 4) is 0 Å². The molecule has 0 aromatic rings. The summed E-state index contributed by atoms with van der Waals surface area (Å²) in [5.74, 6) is -1.27. The quantitative estimate of drug-likeness (QED) is 0.564. The summed E-state index contributed by atoms with van der Waals surface area (Å²) < 4.78 is 12.8. The number of hydrogen-bond acceptors (Lipinski definition) is 1. The van der Waals surface area contributed by atoms with Crippen molar-refractivity contribution >= 4 is 5.91 Å². The number of primary amides is 1. The molecule has 0 aliphatic heterocycles. The maximum atomic E-state index is 12.8. The van der Waals surface area contributed by atoms with Crippen LogP contribution >= 0.6 is 0 Å². The molecule has 0 spiro atoms. The van der Waals surface area contributed by atoms with Crippen molar-refractivity contribution in [2.75, 3.05) is 0 Å². The van der Waals surface area contributed by atoms with E-state index in [4.69, 9.17) is 5.73 Å². The molecule has 1 amide bonds. The van der Waals surface area contributed by atoms with Crippen LogP contribution in [0.1, 0.15) is 54.4 Å². The van der Waals surface area contributed by atoms with E-state index in [2.05, 4.69) is 0 Å². The predicted molar refractivity (Wildman–Crippen MR) is 78.9 cm³/mol. The number of nitrogens with two attached hydrogens (primary N) is 1. The molecule has 0 saturated carbocycles. The van der Waals surface area contributed by atoms with Gasteiger partial charge >= 0.3 is 0 Å². The van der Waals surface area contributed by atoms with Gasteiger partial charge in [0, 0.05) is 12.5 Å². The molecule has 0 unspecified atom stereocenters. The Bertz CT molecular complexity index is 278. The van der Waals surface area contributed by atoms with Crippen molar-refractivity contribution < 1.29 is 9.18 Å².